The maximum absolute atomic E-state index is 12.5. The summed E-state index contributed by atoms with van der Waals surface area (Å²) in [4.78, 5) is 12.5. The summed E-state index contributed by atoms with van der Waals surface area (Å²) >= 11 is 2.13. The van der Waals surface area contributed by atoms with Crippen molar-refractivity contribution in [2.45, 2.75) is 45.3 Å². The standard InChI is InChI=1S/C23H28IN3O4/c1-22(2,3)31-21(28)27-23(4,14-15-9-7-6-8-10-15)20(26)30-19(25)17-13-16(24)11-12-18(17)29-5/h6-13,25-26H,14H2,1-5H3,(H,27,28)/t23-/m1/s1. The highest BCUT2D eigenvalue weighted by Crippen LogP contribution is 2.24. The lowest BCUT2D eigenvalue weighted by Crippen LogP contribution is -2.55. The van der Waals surface area contributed by atoms with Crippen molar-refractivity contribution in [1.29, 1.82) is 10.8 Å². The summed E-state index contributed by atoms with van der Waals surface area (Å²) in [5.41, 5.74) is -0.626. The first-order chi connectivity index (χ1) is 14.4. The second-order valence-electron chi connectivity index (χ2n) is 8.23. The second-order valence-corrected chi connectivity index (χ2v) is 9.47. The number of carbonyl (C=O) groups is 1. The molecule has 0 saturated carbocycles. The van der Waals surface area contributed by atoms with Gasteiger partial charge in [-0.2, -0.15) is 0 Å². The van der Waals surface area contributed by atoms with Crippen LogP contribution in [0.15, 0.2) is 48.5 Å². The zero-order valence-corrected chi connectivity index (χ0v) is 20.5. The molecule has 7 nitrogen and oxygen atoms in total. The van der Waals surface area contributed by atoms with Crippen LogP contribution in [0.3, 0.4) is 0 Å². The van der Waals surface area contributed by atoms with Gasteiger partial charge in [-0.1, -0.05) is 30.3 Å². The summed E-state index contributed by atoms with van der Waals surface area (Å²) in [5.74, 6) is -0.0677. The molecule has 0 aliphatic rings. The van der Waals surface area contributed by atoms with Gasteiger partial charge in [0.05, 0.1) is 12.7 Å². The number of rotatable bonds is 6. The van der Waals surface area contributed by atoms with Crippen molar-refractivity contribution >= 4 is 40.5 Å². The van der Waals surface area contributed by atoms with Gasteiger partial charge in [0.1, 0.15) is 16.9 Å². The SMILES string of the molecule is COc1ccc(I)cc1C(=N)OC(=N)[C@@](C)(Cc1ccccc1)NC(=O)OC(C)(C)C. The maximum Gasteiger partial charge on any atom is 0.408 e. The Morgan fingerprint density at radius 1 is 1.06 bits per heavy atom. The van der Waals surface area contributed by atoms with Crippen molar-refractivity contribution in [2.24, 2.45) is 0 Å². The fraction of sp³-hybridized carbons (Fsp3) is 0.348. The molecule has 0 saturated heterocycles. The molecule has 2 aromatic carbocycles. The number of benzene rings is 2. The van der Waals surface area contributed by atoms with Gasteiger partial charge in [-0.15, -0.1) is 0 Å². The average Bonchev–Trinajstić information content (AvgIpc) is 2.66. The number of nitrogens with one attached hydrogen (secondary N) is 3. The van der Waals surface area contributed by atoms with E-state index in [1.54, 1.807) is 39.8 Å². The largest absolute Gasteiger partial charge is 0.496 e. The number of halogens is 1. The Labute approximate surface area is 196 Å². The molecule has 0 aromatic heterocycles. The molecule has 0 radical (unpaired) electrons. The van der Waals surface area contributed by atoms with E-state index in [1.807, 2.05) is 36.4 Å². The van der Waals surface area contributed by atoms with Crippen LogP contribution in [0.25, 0.3) is 0 Å². The number of ether oxygens (including phenoxy) is 3. The van der Waals surface area contributed by atoms with Gasteiger partial charge in [-0.3, -0.25) is 10.8 Å². The predicted octanol–water partition coefficient (Wildman–Crippen LogP) is 5.15. The molecule has 2 aromatic rings. The smallest absolute Gasteiger partial charge is 0.408 e. The zero-order valence-electron chi connectivity index (χ0n) is 18.3. The first kappa shape index (κ1) is 24.6. The summed E-state index contributed by atoms with van der Waals surface area (Å²) in [6.45, 7) is 6.97. The average molecular weight is 537 g/mol. The van der Waals surface area contributed by atoms with Crippen molar-refractivity contribution in [2.75, 3.05) is 7.11 Å². The van der Waals surface area contributed by atoms with Crippen LogP contribution in [-0.2, 0) is 15.9 Å². The zero-order chi connectivity index (χ0) is 23.2. The fourth-order valence-corrected chi connectivity index (χ4v) is 3.33. The van der Waals surface area contributed by atoms with E-state index in [4.69, 9.17) is 25.0 Å². The number of hydrogen-bond donors (Lipinski definition) is 3. The van der Waals surface area contributed by atoms with Crippen LogP contribution in [0.4, 0.5) is 4.79 Å². The van der Waals surface area contributed by atoms with E-state index in [9.17, 15) is 4.79 Å². The van der Waals surface area contributed by atoms with Gasteiger partial charge in [0.25, 0.3) is 0 Å². The Kier molecular flexibility index (Phi) is 8.05. The summed E-state index contributed by atoms with van der Waals surface area (Å²) in [6, 6.07) is 14.8. The lowest BCUT2D eigenvalue weighted by molar-refractivity contribution is 0.0484. The molecule has 0 unspecified atom stereocenters. The lowest BCUT2D eigenvalue weighted by Gasteiger charge is -2.32. The van der Waals surface area contributed by atoms with E-state index in [1.165, 1.54) is 7.11 Å². The number of carbonyl (C=O) groups excluding carboxylic acids is 1. The van der Waals surface area contributed by atoms with Crippen molar-refractivity contribution in [3.8, 4) is 5.75 Å². The number of hydrogen-bond acceptors (Lipinski definition) is 6. The highest BCUT2D eigenvalue weighted by Gasteiger charge is 2.36. The van der Waals surface area contributed by atoms with E-state index >= 15 is 0 Å². The highest BCUT2D eigenvalue weighted by molar-refractivity contribution is 14.1. The van der Waals surface area contributed by atoms with E-state index in [0.29, 0.717) is 11.3 Å². The quantitative estimate of drug-likeness (QED) is 0.270. The van der Waals surface area contributed by atoms with E-state index in [0.717, 1.165) is 9.13 Å². The first-order valence-corrected chi connectivity index (χ1v) is 10.8. The van der Waals surface area contributed by atoms with Crippen molar-refractivity contribution in [1.82, 2.24) is 5.32 Å². The molecule has 0 fully saturated rings. The molecule has 31 heavy (non-hydrogen) atoms. The summed E-state index contributed by atoms with van der Waals surface area (Å²) in [5, 5.41) is 19.8. The first-order valence-electron chi connectivity index (χ1n) is 9.68. The summed E-state index contributed by atoms with van der Waals surface area (Å²) in [6.07, 6.45) is -0.388. The monoisotopic (exact) mass is 537 g/mol. The third-order valence-corrected chi connectivity index (χ3v) is 4.96. The topological polar surface area (TPSA) is 104 Å². The minimum absolute atomic E-state index is 0.245. The molecular weight excluding hydrogens is 509 g/mol. The van der Waals surface area contributed by atoms with Crippen LogP contribution in [-0.4, -0.2) is 36.1 Å². The molecule has 8 heteroatoms. The summed E-state index contributed by atoms with van der Waals surface area (Å²) in [7, 11) is 1.51. The third kappa shape index (κ3) is 7.23. The molecule has 0 aliphatic carbocycles. The van der Waals surface area contributed by atoms with Crippen molar-refractivity contribution in [3.63, 3.8) is 0 Å². The molecule has 0 spiro atoms. The maximum atomic E-state index is 12.5. The highest BCUT2D eigenvalue weighted by atomic mass is 127. The van der Waals surface area contributed by atoms with Gasteiger partial charge >= 0.3 is 6.09 Å². The second kappa shape index (κ2) is 10.1. The van der Waals surface area contributed by atoms with E-state index < -0.39 is 17.2 Å². The van der Waals surface area contributed by atoms with Crippen LogP contribution in [0.1, 0.15) is 38.8 Å². The van der Waals surface area contributed by atoms with Gasteiger partial charge in [0.15, 0.2) is 0 Å². The van der Waals surface area contributed by atoms with Crippen LogP contribution < -0.4 is 10.1 Å². The number of amides is 1. The Morgan fingerprint density at radius 3 is 2.29 bits per heavy atom. The Balaban J connectivity index is 2.30. The van der Waals surface area contributed by atoms with Gasteiger partial charge < -0.3 is 19.5 Å². The van der Waals surface area contributed by atoms with Gasteiger partial charge in [0.2, 0.25) is 11.8 Å². The van der Waals surface area contributed by atoms with Crippen LogP contribution >= 0.6 is 22.6 Å². The van der Waals surface area contributed by atoms with Crippen LogP contribution in [0.5, 0.6) is 5.75 Å². The molecule has 1 amide bonds. The van der Waals surface area contributed by atoms with Gasteiger partial charge in [0, 0.05) is 9.99 Å². The predicted molar refractivity (Wildman–Crippen MR) is 129 cm³/mol. The minimum atomic E-state index is -1.24. The fourth-order valence-electron chi connectivity index (χ4n) is 2.84. The third-order valence-electron chi connectivity index (χ3n) is 4.29. The van der Waals surface area contributed by atoms with Gasteiger partial charge in [-0.05, 0) is 74.0 Å². The molecule has 0 heterocycles. The summed E-state index contributed by atoms with van der Waals surface area (Å²) < 4.78 is 17.2. The molecule has 2 rings (SSSR count). The molecule has 166 valence electrons. The molecule has 0 aliphatic heterocycles. The van der Waals surface area contributed by atoms with E-state index in [-0.39, 0.29) is 18.2 Å². The molecule has 1 atom stereocenters. The lowest BCUT2D eigenvalue weighted by atomic mass is 9.92. The Morgan fingerprint density at radius 2 is 1.71 bits per heavy atom. The van der Waals surface area contributed by atoms with E-state index in [2.05, 4.69) is 27.9 Å². The normalized spacial score (nSPS) is 13.0. The molecule has 0 bridgehead atoms. The Hall–Kier alpha value is -2.62. The Bertz CT molecular complexity index is 957. The van der Waals surface area contributed by atoms with Crippen molar-refractivity contribution in [3.05, 3.63) is 63.2 Å². The minimum Gasteiger partial charge on any atom is -0.496 e. The molecular formula is C23H28IN3O4. The number of methoxy groups -OCH3 is 1. The van der Waals surface area contributed by atoms with Gasteiger partial charge in [-0.25, -0.2) is 4.79 Å². The van der Waals surface area contributed by atoms with Crippen molar-refractivity contribution < 1.29 is 19.0 Å². The number of alkyl carbamates (subject to hydrolysis) is 1. The molecule has 3 N–H and O–H groups in total. The van der Waals surface area contributed by atoms with Crippen LogP contribution in [0, 0.1) is 14.4 Å². The van der Waals surface area contributed by atoms with Crippen LogP contribution in [0.2, 0.25) is 0 Å².